The minimum atomic E-state index is -0.448. The van der Waals surface area contributed by atoms with Crippen LogP contribution < -0.4 is 0 Å². The van der Waals surface area contributed by atoms with Gasteiger partial charge in [0.05, 0.1) is 10.0 Å². The van der Waals surface area contributed by atoms with Gasteiger partial charge in [0, 0.05) is 5.92 Å². The van der Waals surface area contributed by atoms with Crippen LogP contribution in [0.5, 0.6) is 0 Å². The highest BCUT2D eigenvalue weighted by Crippen LogP contribution is 2.69. The lowest BCUT2D eigenvalue weighted by molar-refractivity contribution is 0.0941. The number of ketones is 1. The minimum Gasteiger partial charge on any atom is -0.294 e. The van der Waals surface area contributed by atoms with E-state index in [0.717, 1.165) is 0 Å². The molecule has 3 heteroatoms. The molecule has 17 heavy (non-hydrogen) atoms. The zero-order chi connectivity index (χ0) is 13.0. The number of hydrogen-bond acceptors (Lipinski definition) is 1. The Morgan fingerprint density at radius 3 is 2.24 bits per heavy atom. The van der Waals surface area contributed by atoms with Crippen LogP contribution in [0.3, 0.4) is 0 Å². The highest BCUT2D eigenvalue weighted by Gasteiger charge is 2.68. The lowest BCUT2D eigenvalue weighted by Crippen LogP contribution is -2.10. The van der Waals surface area contributed by atoms with E-state index in [0.29, 0.717) is 4.47 Å². The molecule has 1 aliphatic carbocycles. The maximum atomic E-state index is 13.9. The third-order valence-corrected chi connectivity index (χ3v) is 5.11. The van der Waals surface area contributed by atoms with E-state index in [4.69, 9.17) is 0 Å². The van der Waals surface area contributed by atoms with Crippen LogP contribution in [0.1, 0.15) is 38.1 Å². The molecule has 0 unspecified atom stereocenters. The predicted molar refractivity (Wildman–Crippen MR) is 69.5 cm³/mol. The molecule has 0 saturated heterocycles. The van der Waals surface area contributed by atoms with Crippen LogP contribution in [0.25, 0.3) is 0 Å². The largest absolute Gasteiger partial charge is 0.294 e. The average molecular weight is 299 g/mol. The van der Waals surface area contributed by atoms with Crippen LogP contribution >= 0.6 is 15.9 Å². The molecule has 1 fully saturated rings. The van der Waals surface area contributed by atoms with Crippen LogP contribution in [-0.4, -0.2) is 5.78 Å². The van der Waals surface area contributed by atoms with Crippen LogP contribution in [0, 0.1) is 22.6 Å². The summed E-state index contributed by atoms with van der Waals surface area (Å²) < 4.78 is 14.2. The second-order valence-electron chi connectivity index (χ2n) is 5.84. The Kier molecular flexibility index (Phi) is 2.73. The van der Waals surface area contributed by atoms with Gasteiger partial charge < -0.3 is 0 Å². The van der Waals surface area contributed by atoms with Gasteiger partial charge in [-0.1, -0.05) is 33.8 Å². The highest BCUT2D eigenvalue weighted by molar-refractivity contribution is 9.10. The van der Waals surface area contributed by atoms with Gasteiger partial charge in [-0.3, -0.25) is 4.79 Å². The Labute approximate surface area is 110 Å². The molecule has 1 nitrogen and oxygen atoms in total. The average Bonchev–Trinajstić information content (AvgIpc) is 2.61. The van der Waals surface area contributed by atoms with Gasteiger partial charge in [-0.2, -0.15) is 0 Å². The van der Waals surface area contributed by atoms with E-state index in [1.165, 1.54) is 0 Å². The molecule has 1 aliphatic rings. The fourth-order valence-electron chi connectivity index (χ4n) is 2.70. The number of rotatable bonds is 2. The molecule has 1 aromatic carbocycles. The fraction of sp³-hybridized carbons (Fsp3) is 0.500. The van der Waals surface area contributed by atoms with Gasteiger partial charge in [-0.05, 0) is 38.9 Å². The first kappa shape index (κ1) is 12.7. The van der Waals surface area contributed by atoms with E-state index in [2.05, 4.69) is 43.6 Å². The maximum Gasteiger partial charge on any atom is 0.170 e. The number of halogens is 2. The zero-order valence-corrected chi connectivity index (χ0v) is 12.1. The quantitative estimate of drug-likeness (QED) is 0.737. The molecule has 92 valence electrons. The molecule has 0 bridgehead atoms. The Hall–Kier alpha value is -0.700. The van der Waals surface area contributed by atoms with Crippen molar-refractivity contribution in [3.63, 3.8) is 0 Å². The number of hydrogen-bond donors (Lipinski definition) is 0. The summed E-state index contributed by atoms with van der Waals surface area (Å²) in [6.07, 6.45) is 0. The molecule has 0 aliphatic heterocycles. The van der Waals surface area contributed by atoms with Gasteiger partial charge in [0.25, 0.3) is 0 Å². The number of carbonyl (C=O) groups is 1. The fourth-order valence-corrected chi connectivity index (χ4v) is 3.07. The molecule has 0 radical (unpaired) electrons. The second kappa shape index (κ2) is 3.64. The Bertz CT molecular complexity index is 477. The molecule has 1 aromatic rings. The molecule has 0 aromatic heterocycles. The van der Waals surface area contributed by atoms with Crippen molar-refractivity contribution in [1.82, 2.24) is 0 Å². The monoisotopic (exact) mass is 298 g/mol. The molecule has 0 atom stereocenters. The van der Waals surface area contributed by atoms with E-state index in [1.807, 2.05) is 0 Å². The van der Waals surface area contributed by atoms with Crippen LogP contribution in [0.4, 0.5) is 4.39 Å². The third kappa shape index (κ3) is 1.67. The van der Waals surface area contributed by atoms with Gasteiger partial charge in [0.2, 0.25) is 0 Å². The molecular weight excluding hydrogens is 283 g/mol. The summed E-state index contributed by atoms with van der Waals surface area (Å²) in [5, 5.41) is 0. The van der Waals surface area contributed by atoms with Crippen molar-refractivity contribution in [1.29, 1.82) is 0 Å². The first-order chi connectivity index (χ1) is 7.71. The van der Waals surface area contributed by atoms with E-state index >= 15 is 0 Å². The summed E-state index contributed by atoms with van der Waals surface area (Å²) >= 11 is 3.11. The molecule has 2 rings (SSSR count). The van der Waals surface area contributed by atoms with E-state index < -0.39 is 5.82 Å². The van der Waals surface area contributed by atoms with Crippen molar-refractivity contribution in [3.05, 3.63) is 34.1 Å². The summed E-state index contributed by atoms with van der Waals surface area (Å²) in [5.41, 5.74) is 0.0838. The normalized spacial score (nSPS) is 21.3. The number of carbonyl (C=O) groups excluding carboxylic acids is 1. The van der Waals surface area contributed by atoms with Crippen molar-refractivity contribution < 1.29 is 9.18 Å². The Morgan fingerprint density at radius 1 is 1.24 bits per heavy atom. The highest BCUT2D eigenvalue weighted by atomic mass is 79.9. The van der Waals surface area contributed by atoms with Crippen molar-refractivity contribution in [2.75, 3.05) is 0 Å². The first-order valence-corrected chi connectivity index (χ1v) is 6.49. The SMILES string of the molecule is CC1(C)C(C(=O)c2cccc(Br)c2F)C1(C)C. The van der Waals surface area contributed by atoms with Crippen molar-refractivity contribution in [2.24, 2.45) is 16.7 Å². The topological polar surface area (TPSA) is 17.1 Å². The van der Waals surface area contributed by atoms with Gasteiger partial charge >= 0.3 is 0 Å². The molecule has 0 N–H and O–H groups in total. The van der Waals surface area contributed by atoms with Gasteiger partial charge in [0.1, 0.15) is 5.82 Å². The third-order valence-electron chi connectivity index (χ3n) is 4.50. The standard InChI is InChI=1S/C14H16BrFO/c1-13(2)12(14(13,3)4)11(17)8-6-5-7-9(15)10(8)16/h5-7,12H,1-4H3. The summed E-state index contributed by atoms with van der Waals surface area (Å²) in [4.78, 5) is 12.4. The summed E-state index contributed by atoms with van der Waals surface area (Å²) in [5.74, 6) is -0.631. The zero-order valence-electron chi connectivity index (χ0n) is 10.5. The number of benzene rings is 1. The van der Waals surface area contributed by atoms with Crippen molar-refractivity contribution in [3.8, 4) is 0 Å². The molecule has 0 heterocycles. The predicted octanol–water partition coefficient (Wildman–Crippen LogP) is 4.45. The lowest BCUT2D eigenvalue weighted by Gasteiger charge is -2.05. The lowest BCUT2D eigenvalue weighted by atomic mass is 10.0. The van der Waals surface area contributed by atoms with Crippen LogP contribution in [-0.2, 0) is 0 Å². The van der Waals surface area contributed by atoms with E-state index in [9.17, 15) is 9.18 Å². The molecule has 1 saturated carbocycles. The number of Topliss-reactive ketones (excluding diaryl/α,β-unsaturated/α-hetero) is 1. The van der Waals surface area contributed by atoms with E-state index in [-0.39, 0.29) is 28.1 Å². The van der Waals surface area contributed by atoms with E-state index in [1.54, 1.807) is 18.2 Å². The molecule has 0 amide bonds. The van der Waals surface area contributed by atoms with Crippen molar-refractivity contribution >= 4 is 21.7 Å². The summed E-state index contributed by atoms with van der Waals surface area (Å²) in [6, 6.07) is 4.87. The minimum absolute atomic E-state index is 0.0567. The van der Waals surface area contributed by atoms with Gasteiger partial charge in [-0.15, -0.1) is 0 Å². The molecule has 0 spiro atoms. The smallest absolute Gasteiger partial charge is 0.170 e. The Balaban J connectivity index is 2.38. The summed E-state index contributed by atoms with van der Waals surface area (Å²) in [7, 11) is 0. The van der Waals surface area contributed by atoms with Crippen LogP contribution in [0.2, 0.25) is 0 Å². The summed E-state index contributed by atoms with van der Waals surface area (Å²) in [6.45, 7) is 8.24. The van der Waals surface area contributed by atoms with Crippen LogP contribution in [0.15, 0.2) is 22.7 Å². The van der Waals surface area contributed by atoms with Crippen molar-refractivity contribution in [2.45, 2.75) is 27.7 Å². The maximum absolute atomic E-state index is 13.9. The second-order valence-corrected chi connectivity index (χ2v) is 6.70. The van der Waals surface area contributed by atoms with Gasteiger partial charge in [0.15, 0.2) is 5.78 Å². The molecular formula is C14H16BrFO. The first-order valence-electron chi connectivity index (χ1n) is 5.69. The Morgan fingerprint density at radius 2 is 1.76 bits per heavy atom. The van der Waals surface area contributed by atoms with Gasteiger partial charge in [-0.25, -0.2) is 4.39 Å².